The number of fused-ring (bicyclic) bond motifs is 1. The van der Waals surface area contributed by atoms with Crippen LogP contribution in [0.25, 0.3) is 11.0 Å². The van der Waals surface area contributed by atoms with Crippen LogP contribution in [0.5, 0.6) is 5.75 Å². The third-order valence-corrected chi connectivity index (χ3v) is 2.44. The molecular weight excluding hydrogens is 246 g/mol. The first-order chi connectivity index (χ1) is 6.90. The summed E-state index contributed by atoms with van der Waals surface area (Å²) >= 11 is 3.35. The van der Waals surface area contributed by atoms with E-state index in [2.05, 4.69) is 21.1 Å². The second kappa shape index (κ2) is 4.46. The highest BCUT2D eigenvalue weighted by Crippen LogP contribution is 2.20. The van der Waals surface area contributed by atoms with Crippen molar-refractivity contribution in [2.45, 2.75) is 6.42 Å². The predicted octanol–water partition coefficient (Wildman–Crippen LogP) is 2.99. The molecule has 1 aromatic heterocycles. The predicted molar refractivity (Wildman–Crippen MR) is 57.9 cm³/mol. The van der Waals surface area contributed by atoms with Crippen molar-refractivity contribution in [3.05, 3.63) is 24.4 Å². The number of halogens is 1. The second-order valence-electron chi connectivity index (χ2n) is 2.92. The van der Waals surface area contributed by atoms with Crippen molar-refractivity contribution in [2.75, 3.05) is 11.9 Å². The van der Waals surface area contributed by atoms with Gasteiger partial charge in [-0.2, -0.15) is 0 Å². The van der Waals surface area contributed by atoms with Crippen molar-refractivity contribution in [2.24, 2.45) is 0 Å². The molecule has 1 aromatic carbocycles. The summed E-state index contributed by atoms with van der Waals surface area (Å²) < 4.78 is 10.5. The molecule has 0 saturated carbocycles. The molecule has 3 nitrogen and oxygen atoms in total. The summed E-state index contributed by atoms with van der Waals surface area (Å²) in [7, 11) is 0. The normalized spacial score (nSPS) is 10.6. The fourth-order valence-corrected chi connectivity index (χ4v) is 1.40. The number of hydrogen-bond acceptors (Lipinski definition) is 3. The Bertz CT molecular complexity index is 413. The zero-order chi connectivity index (χ0) is 9.80. The van der Waals surface area contributed by atoms with Crippen LogP contribution in [0.4, 0.5) is 0 Å². The van der Waals surface area contributed by atoms with Gasteiger partial charge in [-0.15, -0.1) is 0 Å². The molecule has 0 amide bonds. The van der Waals surface area contributed by atoms with E-state index in [1.165, 1.54) is 0 Å². The molecule has 0 spiro atoms. The number of ether oxygens (including phenoxy) is 1. The Balaban J connectivity index is 2.10. The molecule has 0 unspecified atom stereocenters. The highest BCUT2D eigenvalue weighted by atomic mass is 79.9. The largest absolute Gasteiger partial charge is 0.493 e. The van der Waals surface area contributed by atoms with Gasteiger partial charge in [-0.3, -0.25) is 0 Å². The first-order valence-corrected chi connectivity index (χ1v) is 5.55. The maximum Gasteiger partial charge on any atom is 0.170 e. The third kappa shape index (κ3) is 2.07. The lowest BCUT2D eigenvalue weighted by Gasteiger charge is -2.03. The monoisotopic (exact) mass is 255 g/mol. The van der Waals surface area contributed by atoms with E-state index >= 15 is 0 Å². The lowest BCUT2D eigenvalue weighted by atomic mass is 10.2. The summed E-state index contributed by atoms with van der Waals surface area (Å²) in [5.41, 5.74) is 0.765. The average Bonchev–Trinajstić information content (AvgIpc) is 2.65. The Morgan fingerprint density at radius 2 is 2.36 bits per heavy atom. The summed E-state index contributed by atoms with van der Waals surface area (Å²) in [5, 5.41) is 5.65. The van der Waals surface area contributed by atoms with Crippen LogP contribution >= 0.6 is 15.9 Å². The zero-order valence-electron chi connectivity index (χ0n) is 7.57. The Kier molecular flexibility index (Phi) is 3.03. The van der Waals surface area contributed by atoms with E-state index in [9.17, 15) is 0 Å². The van der Waals surface area contributed by atoms with Gasteiger partial charge in [0.05, 0.1) is 12.8 Å². The van der Waals surface area contributed by atoms with Crippen LogP contribution in [0.3, 0.4) is 0 Å². The van der Waals surface area contributed by atoms with Crippen molar-refractivity contribution >= 4 is 26.9 Å². The van der Waals surface area contributed by atoms with Crippen molar-refractivity contribution in [1.82, 2.24) is 5.16 Å². The average molecular weight is 256 g/mol. The summed E-state index contributed by atoms with van der Waals surface area (Å²) in [6.45, 7) is 0.713. The molecule has 0 aliphatic rings. The van der Waals surface area contributed by atoms with E-state index < -0.39 is 0 Å². The van der Waals surface area contributed by atoms with Gasteiger partial charge in [0, 0.05) is 16.8 Å². The first-order valence-electron chi connectivity index (χ1n) is 4.43. The smallest absolute Gasteiger partial charge is 0.170 e. The van der Waals surface area contributed by atoms with Gasteiger partial charge >= 0.3 is 0 Å². The Labute approximate surface area is 90.2 Å². The van der Waals surface area contributed by atoms with Crippen LogP contribution in [0, 0.1) is 0 Å². The number of alkyl halides is 1. The summed E-state index contributed by atoms with van der Waals surface area (Å²) in [6.07, 6.45) is 2.69. The minimum absolute atomic E-state index is 0.713. The van der Waals surface area contributed by atoms with Gasteiger partial charge in [0.1, 0.15) is 5.75 Å². The van der Waals surface area contributed by atoms with Gasteiger partial charge in [0.2, 0.25) is 0 Å². The van der Waals surface area contributed by atoms with Crippen LogP contribution in [0.1, 0.15) is 6.42 Å². The Morgan fingerprint density at radius 1 is 1.43 bits per heavy atom. The molecule has 0 aliphatic heterocycles. The molecule has 4 heteroatoms. The quantitative estimate of drug-likeness (QED) is 0.623. The first kappa shape index (κ1) is 9.52. The molecule has 0 saturated heterocycles. The van der Waals surface area contributed by atoms with E-state index in [1.807, 2.05) is 18.2 Å². The number of rotatable bonds is 4. The van der Waals surface area contributed by atoms with Crippen LogP contribution in [0.2, 0.25) is 0 Å². The summed E-state index contributed by atoms with van der Waals surface area (Å²) in [6, 6.07) is 5.72. The molecule has 0 fully saturated rings. The lowest BCUT2D eigenvalue weighted by Crippen LogP contribution is -1.96. The maximum atomic E-state index is 5.51. The fraction of sp³-hybridized carbons (Fsp3) is 0.300. The molecular formula is C10H10BrNO2. The Morgan fingerprint density at radius 3 is 3.21 bits per heavy atom. The topological polar surface area (TPSA) is 35.3 Å². The minimum Gasteiger partial charge on any atom is -0.493 e. The number of benzene rings is 1. The third-order valence-electron chi connectivity index (χ3n) is 1.87. The Hall–Kier alpha value is -1.03. The van der Waals surface area contributed by atoms with Crippen molar-refractivity contribution in [3.63, 3.8) is 0 Å². The van der Waals surface area contributed by atoms with E-state index in [0.29, 0.717) is 6.61 Å². The molecule has 14 heavy (non-hydrogen) atoms. The molecule has 0 N–H and O–H groups in total. The molecule has 2 rings (SSSR count). The van der Waals surface area contributed by atoms with Crippen molar-refractivity contribution < 1.29 is 9.26 Å². The van der Waals surface area contributed by atoms with E-state index in [0.717, 1.165) is 28.5 Å². The van der Waals surface area contributed by atoms with E-state index in [1.54, 1.807) is 6.20 Å². The molecule has 74 valence electrons. The van der Waals surface area contributed by atoms with Crippen LogP contribution in [0.15, 0.2) is 28.9 Å². The van der Waals surface area contributed by atoms with Gasteiger partial charge in [0.25, 0.3) is 0 Å². The van der Waals surface area contributed by atoms with E-state index in [-0.39, 0.29) is 0 Å². The van der Waals surface area contributed by atoms with Gasteiger partial charge in [-0.1, -0.05) is 21.1 Å². The van der Waals surface area contributed by atoms with Gasteiger partial charge in [0.15, 0.2) is 5.58 Å². The standard InChI is InChI=1S/C10H10BrNO2/c11-4-1-5-13-9-3-2-8-7-12-14-10(8)6-9/h2-3,6-7H,1,4-5H2. The van der Waals surface area contributed by atoms with Gasteiger partial charge in [-0.05, 0) is 18.6 Å². The molecule has 0 bridgehead atoms. The zero-order valence-corrected chi connectivity index (χ0v) is 9.16. The molecule has 1 heterocycles. The number of aromatic nitrogens is 1. The van der Waals surface area contributed by atoms with Crippen molar-refractivity contribution in [1.29, 1.82) is 0 Å². The van der Waals surface area contributed by atoms with Crippen molar-refractivity contribution in [3.8, 4) is 5.75 Å². The SMILES string of the molecule is BrCCCOc1ccc2cnoc2c1. The number of hydrogen-bond donors (Lipinski definition) is 0. The molecule has 2 aromatic rings. The lowest BCUT2D eigenvalue weighted by molar-refractivity contribution is 0.318. The maximum absolute atomic E-state index is 5.51. The highest BCUT2D eigenvalue weighted by molar-refractivity contribution is 9.09. The molecule has 0 radical (unpaired) electrons. The summed E-state index contributed by atoms with van der Waals surface area (Å²) in [5.74, 6) is 0.829. The van der Waals surface area contributed by atoms with Gasteiger partial charge < -0.3 is 9.26 Å². The van der Waals surface area contributed by atoms with Crippen LogP contribution < -0.4 is 4.74 Å². The summed E-state index contributed by atoms with van der Waals surface area (Å²) in [4.78, 5) is 0. The van der Waals surface area contributed by atoms with Crippen LogP contribution in [-0.2, 0) is 0 Å². The molecule has 0 atom stereocenters. The number of nitrogens with zero attached hydrogens (tertiary/aromatic N) is 1. The van der Waals surface area contributed by atoms with E-state index in [4.69, 9.17) is 9.26 Å². The van der Waals surface area contributed by atoms with Crippen LogP contribution in [-0.4, -0.2) is 17.1 Å². The fourth-order valence-electron chi connectivity index (χ4n) is 1.17. The highest BCUT2D eigenvalue weighted by Gasteiger charge is 2.00. The molecule has 0 aliphatic carbocycles. The van der Waals surface area contributed by atoms with Gasteiger partial charge in [-0.25, -0.2) is 0 Å². The second-order valence-corrected chi connectivity index (χ2v) is 3.71. The minimum atomic E-state index is 0.713.